The van der Waals surface area contributed by atoms with Crippen LogP contribution in [0.2, 0.25) is 0 Å². The van der Waals surface area contributed by atoms with Gasteiger partial charge in [-0.25, -0.2) is 4.98 Å². The molecule has 0 spiro atoms. The molecule has 1 aromatic heterocycles. The second-order valence-corrected chi connectivity index (χ2v) is 6.33. The van der Waals surface area contributed by atoms with E-state index in [1.807, 2.05) is 30.8 Å². The van der Waals surface area contributed by atoms with Gasteiger partial charge in [0.15, 0.2) is 0 Å². The maximum absolute atomic E-state index is 11.9. The number of thiazole rings is 1. The third kappa shape index (κ3) is 9.18. The summed E-state index contributed by atoms with van der Waals surface area (Å²) in [6.45, 7) is 2.50. The highest BCUT2D eigenvalue weighted by atomic mass is 35.5. The number of hydrogen-bond donors (Lipinski definition) is 2. The minimum absolute atomic E-state index is 0. The van der Waals surface area contributed by atoms with Gasteiger partial charge in [-0.05, 0) is 44.8 Å². The minimum Gasteiger partial charge on any atom is -0.326 e. The smallest absolute Gasteiger partial charge is 0.224 e. The van der Waals surface area contributed by atoms with Gasteiger partial charge in [-0.2, -0.15) is 0 Å². The number of nitrogens with one attached hydrogen (secondary N) is 2. The van der Waals surface area contributed by atoms with Gasteiger partial charge in [0.2, 0.25) is 5.91 Å². The van der Waals surface area contributed by atoms with E-state index in [1.54, 1.807) is 11.3 Å². The predicted molar refractivity (Wildman–Crippen MR) is 110 cm³/mol. The van der Waals surface area contributed by atoms with E-state index >= 15 is 0 Å². The number of aromatic nitrogens is 1. The molecule has 0 fully saturated rings. The molecule has 1 aromatic carbocycles. The van der Waals surface area contributed by atoms with Crippen LogP contribution in [0.4, 0.5) is 5.69 Å². The average Bonchev–Trinajstić information content (AvgIpc) is 3.00. The Kier molecular flexibility index (Phi) is 12.5. The van der Waals surface area contributed by atoms with Crippen LogP contribution in [0.5, 0.6) is 0 Å². The fraction of sp³-hybridized carbons (Fsp3) is 0.412. The molecule has 0 aliphatic rings. The maximum atomic E-state index is 11.9. The summed E-state index contributed by atoms with van der Waals surface area (Å²) in [5.41, 5.74) is 4.98. The number of benzene rings is 1. The van der Waals surface area contributed by atoms with Gasteiger partial charge in [-0.3, -0.25) is 9.69 Å². The molecule has 25 heavy (non-hydrogen) atoms. The molecule has 8 heteroatoms. The Morgan fingerprint density at radius 2 is 2.08 bits per heavy atom. The first-order valence-electron chi connectivity index (χ1n) is 7.76. The van der Waals surface area contributed by atoms with Gasteiger partial charge < -0.3 is 10.6 Å². The van der Waals surface area contributed by atoms with E-state index in [1.165, 1.54) is 5.56 Å². The van der Waals surface area contributed by atoms with Crippen LogP contribution < -0.4 is 10.6 Å². The summed E-state index contributed by atoms with van der Waals surface area (Å²) in [6.07, 6.45) is 1.38. The summed E-state index contributed by atoms with van der Waals surface area (Å²) in [5, 5.41) is 8.08. The highest BCUT2D eigenvalue weighted by Crippen LogP contribution is 2.14. The number of amides is 1. The van der Waals surface area contributed by atoms with Gasteiger partial charge in [0, 0.05) is 30.6 Å². The first-order chi connectivity index (χ1) is 11.2. The fourth-order valence-corrected chi connectivity index (χ4v) is 2.91. The van der Waals surface area contributed by atoms with Gasteiger partial charge in [0.1, 0.15) is 0 Å². The molecule has 1 heterocycles. The van der Waals surface area contributed by atoms with Crippen LogP contribution in [-0.4, -0.2) is 36.4 Å². The van der Waals surface area contributed by atoms with Gasteiger partial charge in [0.05, 0.1) is 11.2 Å². The molecule has 0 bridgehead atoms. The highest BCUT2D eigenvalue weighted by Gasteiger charge is 2.06. The zero-order valence-electron chi connectivity index (χ0n) is 14.5. The number of nitrogens with zero attached hydrogens (tertiary/aromatic N) is 2. The van der Waals surface area contributed by atoms with E-state index in [2.05, 4.69) is 39.0 Å². The number of carbonyl (C=O) groups is 1. The van der Waals surface area contributed by atoms with E-state index in [4.69, 9.17) is 0 Å². The average molecular weight is 405 g/mol. The quantitative estimate of drug-likeness (QED) is 0.627. The largest absolute Gasteiger partial charge is 0.326 e. The van der Waals surface area contributed by atoms with Gasteiger partial charge in [-0.15, -0.1) is 36.2 Å². The second kappa shape index (κ2) is 13.1. The molecule has 2 aromatic rings. The Hall–Kier alpha value is -1.18. The van der Waals surface area contributed by atoms with Crippen molar-refractivity contribution in [1.82, 2.24) is 15.2 Å². The van der Waals surface area contributed by atoms with Crippen LogP contribution in [-0.2, 0) is 17.9 Å². The monoisotopic (exact) mass is 404 g/mol. The Bertz CT molecular complexity index is 610. The lowest BCUT2D eigenvalue weighted by molar-refractivity contribution is -0.116. The number of hydrogen-bond acceptors (Lipinski definition) is 5. The molecule has 0 saturated carbocycles. The van der Waals surface area contributed by atoms with Gasteiger partial charge in [-0.1, -0.05) is 12.1 Å². The van der Waals surface area contributed by atoms with Crippen molar-refractivity contribution in [2.24, 2.45) is 0 Å². The number of rotatable bonds is 9. The molecule has 0 atom stereocenters. The Morgan fingerprint density at radius 1 is 1.28 bits per heavy atom. The first-order valence-corrected chi connectivity index (χ1v) is 8.70. The van der Waals surface area contributed by atoms with E-state index in [-0.39, 0.29) is 30.7 Å². The second-order valence-electron chi connectivity index (χ2n) is 5.61. The third-order valence-electron chi connectivity index (χ3n) is 3.41. The lowest BCUT2D eigenvalue weighted by Crippen LogP contribution is -2.18. The zero-order valence-corrected chi connectivity index (χ0v) is 17.0. The summed E-state index contributed by atoms with van der Waals surface area (Å²) >= 11 is 1.62. The summed E-state index contributed by atoms with van der Waals surface area (Å²) in [7, 11) is 3.96. The molecule has 5 nitrogen and oxygen atoms in total. The van der Waals surface area contributed by atoms with Crippen LogP contribution in [0.1, 0.15) is 24.1 Å². The standard InChI is InChI=1S/C17H24N4OS.2ClH/c1-18-8-4-7-17(22)20-15-6-3-5-14(9-15)10-21(2)11-16-12-23-13-19-16;;/h3,5-6,9,12-13,18H,4,7-8,10-11H2,1-2H3,(H,20,22);2*1H. The van der Waals surface area contributed by atoms with E-state index < -0.39 is 0 Å². The molecule has 140 valence electrons. The molecule has 0 aliphatic carbocycles. The van der Waals surface area contributed by atoms with Crippen molar-refractivity contribution in [2.45, 2.75) is 25.9 Å². The highest BCUT2D eigenvalue weighted by molar-refractivity contribution is 7.07. The minimum atomic E-state index is 0. The summed E-state index contributed by atoms with van der Waals surface area (Å²) in [5.74, 6) is 0.0632. The molecule has 2 rings (SSSR count). The molecular formula is C17H26Cl2N4OS. The molecule has 0 aliphatic heterocycles. The summed E-state index contributed by atoms with van der Waals surface area (Å²) in [4.78, 5) is 18.4. The van der Waals surface area contributed by atoms with Crippen molar-refractivity contribution in [3.63, 3.8) is 0 Å². The van der Waals surface area contributed by atoms with Gasteiger partial charge in [0.25, 0.3) is 0 Å². The normalized spacial score (nSPS) is 10.0. The molecular weight excluding hydrogens is 379 g/mol. The van der Waals surface area contributed by atoms with Crippen molar-refractivity contribution in [2.75, 3.05) is 26.0 Å². The Labute approximate surface area is 166 Å². The van der Waals surface area contributed by atoms with Crippen LogP contribution in [0.25, 0.3) is 0 Å². The van der Waals surface area contributed by atoms with Crippen LogP contribution in [0, 0.1) is 0 Å². The topological polar surface area (TPSA) is 57.3 Å². The Morgan fingerprint density at radius 3 is 2.76 bits per heavy atom. The lowest BCUT2D eigenvalue weighted by Gasteiger charge is -2.16. The maximum Gasteiger partial charge on any atom is 0.224 e. The SMILES string of the molecule is CNCCCC(=O)Nc1cccc(CN(C)Cc2cscn2)c1.Cl.Cl. The van der Waals surface area contributed by atoms with Crippen LogP contribution >= 0.6 is 36.2 Å². The fourth-order valence-electron chi connectivity index (χ4n) is 2.36. The summed E-state index contributed by atoms with van der Waals surface area (Å²) in [6, 6.07) is 8.02. The van der Waals surface area contributed by atoms with E-state index in [9.17, 15) is 4.79 Å². The van der Waals surface area contributed by atoms with Gasteiger partial charge >= 0.3 is 0 Å². The van der Waals surface area contributed by atoms with Crippen LogP contribution in [0.3, 0.4) is 0 Å². The molecule has 1 amide bonds. The number of carbonyl (C=O) groups excluding carboxylic acids is 1. The third-order valence-corrected chi connectivity index (χ3v) is 4.04. The van der Waals surface area contributed by atoms with Crippen molar-refractivity contribution in [1.29, 1.82) is 0 Å². The van der Waals surface area contributed by atoms with Crippen molar-refractivity contribution in [3.8, 4) is 0 Å². The van der Waals surface area contributed by atoms with E-state index in [0.29, 0.717) is 6.42 Å². The molecule has 0 saturated heterocycles. The molecule has 0 radical (unpaired) electrons. The first kappa shape index (κ1) is 23.8. The van der Waals surface area contributed by atoms with Crippen molar-refractivity contribution < 1.29 is 4.79 Å². The van der Waals surface area contributed by atoms with Crippen molar-refractivity contribution in [3.05, 3.63) is 46.4 Å². The number of halogens is 2. The predicted octanol–water partition coefficient (Wildman–Crippen LogP) is 3.56. The molecule has 2 N–H and O–H groups in total. The molecule has 0 unspecified atom stereocenters. The Balaban J connectivity index is 0.00000288. The van der Waals surface area contributed by atoms with Crippen LogP contribution in [0.15, 0.2) is 35.2 Å². The van der Waals surface area contributed by atoms with Crippen molar-refractivity contribution >= 4 is 47.7 Å². The zero-order chi connectivity index (χ0) is 16.5. The number of anilines is 1. The lowest BCUT2D eigenvalue weighted by atomic mass is 10.2. The van der Waals surface area contributed by atoms with E-state index in [0.717, 1.165) is 37.4 Å². The summed E-state index contributed by atoms with van der Waals surface area (Å²) < 4.78 is 0.